The molecule has 0 aliphatic carbocycles. The number of carbonyl (C=O) groups is 3. The van der Waals surface area contributed by atoms with Crippen LogP contribution < -0.4 is 0 Å². The number of carboxylic acids is 3. The number of carboxylic acid groups (broad SMARTS) is 3. The summed E-state index contributed by atoms with van der Waals surface area (Å²) in [6.07, 6.45) is 63.7. The number of hydrogen-bond donors (Lipinski definition) is 3. The van der Waals surface area contributed by atoms with Gasteiger partial charge in [-0.25, -0.2) is 0 Å². The maximum atomic E-state index is 10.3. The van der Waals surface area contributed by atoms with Crippen LogP contribution in [0.1, 0.15) is 290 Å². The molecule has 0 saturated heterocycles. The van der Waals surface area contributed by atoms with E-state index >= 15 is 0 Å². The molecule has 0 heterocycles. The number of rotatable bonds is 45. The Balaban J connectivity index is -0.000000396. The van der Waals surface area contributed by atoms with Gasteiger partial charge in [0.25, 0.3) is 0 Å². The number of unbranched alkanes of at least 4 members (excludes halogenated alkanes) is 33. The Bertz CT molecular complexity index is 827. The van der Waals surface area contributed by atoms with Crippen LogP contribution in [0.2, 0.25) is 0 Å². The molecule has 0 aromatic carbocycles. The molecule has 61 heavy (non-hydrogen) atoms. The van der Waals surface area contributed by atoms with Gasteiger partial charge in [-0.1, -0.05) is 211 Å². The molecule has 0 saturated carbocycles. The van der Waals surface area contributed by atoms with Crippen molar-refractivity contribution in [3.8, 4) is 0 Å². The van der Waals surface area contributed by atoms with Crippen molar-refractivity contribution in [1.82, 2.24) is 0 Å². The maximum Gasteiger partial charge on any atom is 3.00 e. The minimum Gasteiger partial charge on any atom is -0.481 e. The molecule has 0 aliphatic rings. The topological polar surface area (TPSA) is 112 Å². The van der Waals surface area contributed by atoms with Crippen molar-refractivity contribution in [2.45, 2.75) is 290 Å². The molecule has 1 radical (unpaired) electrons. The molecule has 7 heteroatoms. The number of allylic oxidation sites excluding steroid dienone is 6. The molecule has 0 fully saturated rings. The largest absolute Gasteiger partial charge is 3.00 e. The van der Waals surface area contributed by atoms with Gasteiger partial charge in [0, 0.05) is 19.3 Å². The fraction of sp³-hybridized carbons (Fsp3) is 0.833. The van der Waals surface area contributed by atoms with E-state index in [1.54, 1.807) is 0 Å². The van der Waals surface area contributed by atoms with Gasteiger partial charge in [0.1, 0.15) is 0 Å². The van der Waals surface area contributed by atoms with E-state index in [0.717, 1.165) is 38.5 Å². The summed E-state index contributed by atoms with van der Waals surface area (Å²) in [4.78, 5) is 31.0. The van der Waals surface area contributed by atoms with E-state index in [4.69, 9.17) is 15.3 Å². The summed E-state index contributed by atoms with van der Waals surface area (Å²) in [5.41, 5.74) is 0. The second kappa shape index (κ2) is 62.4. The number of hydrogen-bond acceptors (Lipinski definition) is 3. The van der Waals surface area contributed by atoms with Gasteiger partial charge >= 0.3 is 35.0 Å². The Kier molecular flexibility index (Phi) is 67.3. The van der Waals surface area contributed by atoms with Crippen LogP contribution >= 0.6 is 0 Å². The van der Waals surface area contributed by atoms with Crippen molar-refractivity contribution in [2.75, 3.05) is 0 Å². The minimum atomic E-state index is -0.664. The van der Waals surface area contributed by atoms with Gasteiger partial charge in [0.15, 0.2) is 0 Å². The summed E-state index contributed by atoms with van der Waals surface area (Å²) in [5, 5.41) is 25.5. The third-order valence-electron chi connectivity index (χ3n) is 11.0. The summed E-state index contributed by atoms with van der Waals surface area (Å²) >= 11 is 0. The van der Waals surface area contributed by atoms with Crippen LogP contribution in [-0.2, 0) is 31.5 Å². The average molecular weight is 903 g/mol. The molecule has 359 valence electrons. The van der Waals surface area contributed by atoms with E-state index in [2.05, 4.69) is 57.2 Å². The van der Waals surface area contributed by atoms with Gasteiger partial charge in [-0.3, -0.25) is 14.4 Å². The third-order valence-corrected chi connectivity index (χ3v) is 11.0. The molecule has 6 nitrogen and oxygen atoms in total. The van der Waals surface area contributed by atoms with E-state index in [9.17, 15) is 14.4 Å². The second-order valence-electron chi connectivity index (χ2n) is 17.2. The summed E-state index contributed by atoms with van der Waals surface area (Å²) in [6, 6.07) is 0. The van der Waals surface area contributed by atoms with Crippen molar-refractivity contribution in [1.29, 1.82) is 0 Å². The SMILES string of the molecule is CCCCCCCC/C=C\CCCCCCCC(=O)O.CCCCCCCC/C=C\CCCCCCCC(=O)O.CCCCCCCC/C=C\CCCCCCCC(=O)O.[Fe+3]. The van der Waals surface area contributed by atoms with Gasteiger partial charge in [-0.05, 0) is 96.3 Å². The van der Waals surface area contributed by atoms with Gasteiger partial charge in [-0.2, -0.15) is 0 Å². The Hall–Kier alpha value is -1.85. The molecule has 0 aliphatic heterocycles. The van der Waals surface area contributed by atoms with Crippen LogP contribution in [0.15, 0.2) is 36.5 Å². The predicted octanol–water partition coefficient (Wildman–Crippen LogP) is 18.3. The first-order chi connectivity index (χ1) is 29.3. The zero-order chi connectivity index (χ0) is 44.7. The normalized spacial score (nSPS) is 11.1. The van der Waals surface area contributed by atoms with Crippen LogP contribution in [0.4, 0.5) is 0 Å². The summed E-state index contributed by atoms with van der Waals surface area (Å²) < 4.78 is 0. The standard InChI is InChI=1S/3C18H34O2.Fe/c3*1-2-3-4-5-6-7-8-9-10-11-12-13-14-15-16-17-18(19)20;/h3*9-10H,2-8,11-17H2,1H3,(H,19,20);/q;;;+3/b3*10-9-;. The Morgan fingerprint density at radius 1 is 0.262 bits per heavy atom. The second-order valence-corrected chi connectivity index (χ2v) is 17.2. The number of aliphatic carboxylic acids is 3. The van der Waals surface area contributed by atoms with E-state index < -0.39 is 17.9 Å². The van der Waals surface area contributed by atoms with Crippen molar-refractivity contribution >= 4 is 17.9 Å². The smallest absolute Gasteiger partial charge is 0.481 e. The van der Waals surface area contributed by atoms with Crippen molar-refractivity contribution in [3.63, 3.8) is 0 Å². The molecular formula is C54H102FeO6+3. The Labute approximate surface area is 389 Å². The maximum absolute atomic E-state index is 10.3. The molecule has 0 aromatic heterocycles. The molecule has 0 atom stereocenters. The molecule has 0 unspecified atom stereocenters. The summed E-state index contributed by atoms with van der Waals surface area (Å²) in [6.45, 7) is 6.78. The molecular weight excluding hydrogens is 800 g/mol. The van der Waals surface area contributed by atoms with E-state index in [-0.39, 0.29) is 17.1 Å². The summed E-state index contributed by atoms with van der Waals surface area (Å²) in [7, 11) is 0. The van der Waals surface area contributed by atoms with Crippen molar-refractivity contribution < 1.29 is 46.8 Å². The molecule has 0 aromatic rings. The molecule has 0 spiro atoms. The Morgan fingerprint density at radius 2 is 0.410 bits per heavy atom. The summed E-state index contributed by atoms with van der Waals surface area (Å²) in [5.74, 6) is -1.99. The first-order valence-corrected chi connectivity index (χ1v) is 25.9. The van der Waals surface area contributed by atoms with E-state index in [1.165, 1.54) is 212 Å². The quantitative estimate of drug-likeness (QED) is 0.0319. The van der Waals surface area contributed by atoms with Gasteiger partial charge in [0.05, 0.1) is 0 Å². The van der Waals surface area contributed by atoms with Crippen LogP contribution in [0.3, 0.4) is 0 Å². The monoisotopic (exact) mass is 903 g/mol. The third kappa shape index (κ3) is 75.9. The van der Waals surface area contributed by atoms with Gasteiger partial charge < -0.3 is 15.3 Å². The fourth-order valence-electron chi connectivity index (χ4n) is 7.04. The zero-order valence-electron chi connectivity index (χ0n) is 40.6. The molecule has 3 N–H and O–H groups in total. The van der Waals surface area contributed by atoms with Gasteiger partial charge in [0.2, 0.25) is 0 Å². The molecule has 0 amide bonds. The fourth-order valence-corrected chi connectivity index (χ4v) is 7.04. The first kappa shape index (κ1) is 65.8. The van der Waals surface area contributed by atoms with E-state index in [0.29, 0.717) is 19.3 Å². The van der Waals surface area contributed by atoms with Crippen molar-refractivity contribution in [3.05, 3.63) is 36.5 Å². The van der Waals surface area contributed by atoms with Crippen LogP contribution in [0, 0.1) is 0 Å². The van der Waals surface area contributed by atoms with Crippen LogP contribution in [-0.4, -0.2) is 33.2 Å². The minimum absolute atomic E-state index is 0. The van der Waals surface area contributed by atoms with Crippen molar-refractivity contribution in [2.24, 2.45) is 0 Å². The molecule has 0 bridgehead atoms. The van der Waals surface area contributed by atoms with E-state index in [1.807, 2.05) is 0 Å². The van der Waals surface area contributed by atoms with Crippen LogP contribution in [0.5, 0.6) is 0 Å². The van der Waals surface area contributed by atoms with Gasteiger partial charge in [-0.15, -0.1) is 0 Å². The first-order valence-electron chi connectivity index (χ1n) is 25.9. The van der Waals surface area contributed by atoms with Crippen LogP contribution in [0.25, 0.3) is 0 Å². The molecule has 0 rings (SSSR count). The average Bonchev–Trinajstić information content (AvgIpc) is 3.22. The predicted molar refractivity (Wildman–Crippen MR) is 261 cm³/mol. The zero-order valence-corrected chi connectivity index (χ0v) is 41.7. The Morgan fingerprint density at radius 3 is 0.574 bits per heavy atom.